The van der Waals surface area contributed by atoms with Crippen LogP contribution in [0.1, 0.15) is 11.1 Å². The van der Waals surface area contributed by atoms with Crippen molar-refractivity contribution in [2.24, 2.45) is 5.73 Å². The molecular weight excluding hydrogens is 308 g/mol. The number of sulfone groups is 1. The van der Waals surface area contributed by atoms with Gasteiger partial charge >= 0.3 is 0 Å². The summed E-state index contributed by atoms with van der Waals surface area (Å²) in [6, 6.07) is 4.82. The van der Waals surface area contributed by atoms with Gasteiger partial charge in [-0.3, -0.25) is 4.72 Å². The Hall–Kier alpha value is -1.19. The number of hydrogen-bond donors (Lipinski definition) is 2. The standard InChI is InChI=1S/C10H14N2O4S3/c1-7-4-3-5-8(9(7)10(11)17)12-19(15,16)6-18(2,13)14/h3-5,12H,6H2,1-2H3,(H2,11,17). The van der Waals surface area contributed by atoms with E-state index in [1.807, 2.05) is 0 Å². The van der Waals surface area contributed by atoms with Crippen molar-refractivity contribution in [3.05, 3.63) is 29.3 Å². The number of anilines is 1. The molecule has 3 N–H and O–H groups in total. The Morgan fingerprint density at radius 3 is 2.37 bits per heavy atom. The fraction of sp³-hybridized carbons (Fsp3) is 0.300. The molecule has 6 nitrogen and oxygen atoms in total. The summed E-state index contributed by atoms with van der Waals surface area (Å²) in [5.41, 5.74) is 6.80. The van der Waals surface area contributed by atoms with E-state index in [2.05, 4.69) is 4.72 Å². The van der Waals surface area contributed by atoms with Crippen molar-refractivity contribution >= 4 is 42.8 Å². The van der Waals surface area contributed by atoms with Crippen molar-refractivity contribution in [1.82, 2.24) is 0 Å². The summed E-state index contributed by atoms with van der Waals surface area (Å²) in [6.45, 7) is 1.73. The third-order valence-electron chi connectivity index (χ3n) is 2.15. The zero-order valence-corrected chi connectivity index (χ0v) is 12.8. The third kappa shape index (κ3) is 4.77. The Balaban J connectivity index is 3.21. The number of aryl methyl sites for hydroxylation is 1. The van der Waals surface area contributed by atoms with E-state index < -0.39 is 24.9 Å². The molecule has 0 aliphatic heterocycles. The largest absolute Gasteiger partial charge is 0.389 e. The van der Waals surface area contributed by atoms with Crippen LogP contribution < -0.4 is 10.5 Å². The Labute approximate surface area is 118 Å². The van der Waals surface area contributed by atoms with Crippen LogP contribution >= 0.6 is 12.2 Å². The second kappa shape index (κ2) is 5.43. The van der Waals surface area contributed by atoms with Gasteiger partial charge < -0.3 is 5.73 Å². The molecule has 9 heteroatoms. The zero-order chi connectivity index (χ0) is 14.8. The molecule has 0 aliphatic rings. The number of nitrogens with two attached hydrogens (primary N) is 1. The molecule has 0 bridgehead atoms. The molecule has 0 saturated carbocycles. The van der Waals surface area contributed by atoms with Crippen molar-refractivity contribution in [3.8, 4) is 0 Å². The molecule has 0 radical (unpaired) electrons. The lowest BCUT2D eigenvalue weighted by Crippen LogP contribution is -2.24. The molecular formula is C10H14N2O4S3. The summed E-state index contributed by atoms with van der Waals surface area (Å²) < 4.78 is 47.8. The molecule has 106 valence electrons. The van der Waals surface area contributed by atoms with E-state index in [-0.39, 0.29) is 10.7 Å². The highest BCUT2D eigenvalue weighted by Crippen LogP contribution is 2.21. The van der Waals surface area contributed by atoms with Gasteiger partial charge in [0, 0.05) is 11.8 Å². The van der Waals surface area contributed by atoms with E-state index in [4.69, 9.17) is 18.0 Å². The van der Waals surface area contributed by atoms with Crippen LogP contribution in [-0.2, 0) is 19.9 Å². The SMILES string of the molecule is Cc1cccc(NS(=O)(=O)CS(C)(=O)=O)c1C(N)=S. The summed E-state index contributed by atoms with van der Waals surface area (Å²) in [5.74, 6) is 0. The number of thiocarbonyl (C=S) groups is 1. The maximum Gasteiger partial charge on any atom is 0.247 e. The van der Waals surface area contributed by atoms with Crippen molar-refractivity contribution in [2.75, 3.05) is 16.1 Å². The van der Waals surface area contributed by atoms with Crippen LogP contribution in [-0.4, -0.2) is 33.2 Å². The Kier molecular flexibility index (Phi) is 4.54. The van der Waals surface area contributed by atoms with E-state index in [1.165, 1.54) is 6.07 Å². The molecule has 19 heavy (non-hydrogen) atoms. The monoisotopic (exact) mass is 322 g/mol. The molecule has 0 unspecified atom stereocenters. The minimum absolute atomic E-state index is 0.0372. The quantitative estimate of drug-likeness (QED) is 0.759. The summed E-state index contributed by atoms with van der Waals surface area (Å²) >= 11 is 4.86. The molecule has 0 atom stereocenters. The van der Waals surface area contributed by atoms with Crippen LogP contribution in [0, 0.1) is 6.92 Å². The maximum absolute atomic E-state index is 11.7. The van der Waals surface area contributed by atoms with Crippen molar-refractivity contribution in [3.63, 3.8) is 0 Å². The predicted molar refractivity (Wildman–Crippen MR) is 79.3 cm³/mol. The van der Waals surface area contributed by atoms with Gasteiger partial charge in [0.15, 0.2) is 14.9 Å². The van der Waals surface area contributed by atoms with Gasteiger partial charge in [-0.05, 0) is 18.6 Å². The third-order valence-corrected chi connectivity index (χ3v) is 5.84. The molecule has 0 aliphatic carbocycles. The van der Waals surface area contributed by atoms with Gasteiger partial charge in [0.25, 0.3) is 0 Å². The van der Waals surface area contributed by atoms with Crippen LogP contribution in [0.5, 0.6) is 0 Å². The summed E-state index contributed by atoms with van der Waals surface area (Å²) in [4.78, 5) is 0.0372. The number of nitrogens with one attached hydrogen (secondary N) is 1. The lowest BCUT2D eigenvalue weighted by atomic mass is 10.1. The Bertz CT molecular complexity index is 708. The molecule has 0 heterocycles. The van der Waals surface area contributed by atoms with Crippen LogP contribution in [0.4, 0.5) is 5.69 Å². The van der Waals surface area contributed by atoms with Crippen molar-refractivity contribution in [1.29, 1.82) is 0 Å². The van der Waals surface area contributed by atoms with E-state index in [9.17, 15) is 16.8 Å². The van der Waals surface area contributed by atoms with E-state index >= 15 is 0 Å². The summed E-state index contributed by atoms with van der Waals surface area (Å²) in [6.07, 6.45) is 0.844. The molecule has 1 aromatic carbocycles. The Morgan fingerprint density at radius 1 is 1.32 bits per heavy atom. The second-order valence-corrected chi connectivity index (χ2v) is 8.79. The highest BCUT2D eigenvalue weighted by molar-refractivity contribution is 8.08. The maximum atomic E-state index is 11.7. The van der Waals surface area contributed by atoms with Crippen molar-refractivity contribution < 1.29 is 16.8 Å². The summed E-state index contributed by atoms with van der Waals surface area (Å²) in [5, 5.41) is -0.995. The number of benzene rings is 1. The van der Waals surface area contributed by atoms with E-state index in [0.717, 1.165) is 6.26 Å². The van der Waals surface area contributed by atoms with Gasteiger partial charge in [-0.1, -0.05) is 24.4 Å². The second-order valence-electron chi connectivity index (χ2n) is 4.12. The number of rotatable bonds is 5. The highest BCUT2D eigenvalue weighted by atomic mass is 32.3. The first-order valence-corrected chi connectivity index (χ1v) is 9.21. The lowest BCUT2D eigenvalue weighted by molar-refractivity contribution is 0.595. The summed E-state index contributed by atoms with van der Waals surface area (Å²) in [7, 11) is -7.68. The van der Waals surface area contributed by atoms with E-state index in [1.54, 1.807) is 19.1 Å². The van der Waals surface area contributed by atoms with Gasteiger partial charge in [0.05, 0.1) is 5.69 Å². The van der Waals surface area contributed by atoms with Crippen molar-refractivity contribution in [2.45, 2.75) is 6.92 Å². The fourth-order valence-corrected chi connectivity index (χ4v) is 4.83. The molecule has 0 saturated heterocycles. The van der Waals surface area contributed by atoms with Crippen LogP contribution in [0.3, 0.4) is 0 Å². The first kappa shape index (κ1) is 15.9. The van der Waals surface area contributed by atoms with Gasteiger partial charge in [-0.2, -0.15) is 0 Å². The van der Waals surface area contributed by atoms with Crippen LogP contribution in [0.25, 0.3) is 0 Å². The van der Waals surface area contributed by atoms with Crippen LogP contribution in [0.15, 0.2) is 18.2 Å². The normalized spacial score (nSPS) is 12.1. The van der Waals surface area contributed by atoms with Gasteiger partial charge in [0.1, 0.15) is 4.99 Å². The molecule has 0 amide bonds. The smallest absolute Gasteiger partial charge is 0.247 e. The highest BCUT2D eigenvalue weighted by Gasteiger charge is 2.20. The zero-order valence-electron chi connectivity index (χ0n) is 10.4. The molecule has 0 spiro atoms. The first-order chi connectivity index (χ1) is 8.52. The molecule has 1 aromatic rings. The van der Waals surface area contributed by atoms with E-state index in [0.29, 0.717) is 11.1 Å². The molecule has 0 fully saturated rings. The fourth-order valence-electron chi connectivity index (χ4n) is 1.56. The topological polar surface area (TPSA) is 106 Å². The van der Waals surface area contributed by atoms with Gasteiger partial charge in [-0.25, -0.2) is 16.8 Å². The minimum atomic E-state index is -4.02. The minimum Gasteiger partial charge on any atom is -0.389 e. The van der Waals surface area contributed by atoms with Crippen LogP contribution in [0.2, 0.25) is 0 Å². The predicted octanol–water partition coefficient (Wildman–Crippen LogP) is 0.373. The lowest BCUT2D eigenvalue weighted by Gasteiger charge is -2.13. The first-order valence-electron chi connectivity index (χ1n) is 5.09. The molecule has 1 rings (SSSR count). The average Bonchev–Trinajstić information content (AvgIpc) is 2.11. The molecule has 0 aromatic heterocycles. The average molecular weight is 322 g/mol. The number of sulfonamides is 1. The Morgan fingerprint density at radius 2 is 1.89 bits per heavy atom. The van der Waals surface area contributed by atoms with Gasteiger partial charge in [0.2, 0.25) is 10.0 Å². The number of hydrogen-bond acceptors (Lipinski definition) is 5. The van der Waals surface area contributed by atoms with Gasteiger partial charge in [-0.15, -0.1) is 0 Å².